The van der Waals surface area contributed by atoms with E-state index in [9.17, 15) is 9.59 Å². The third-order valence-corrected chi connectivity index (χ3v) is 3.94. The van der Waals surface area contributed by atoms with E-state index in [-0.39, 0.29) is 18.2 Å². The summed E-state index contributed by atoms with van der Waals surface area (Å²) in [5.41, 5.74) is 7.44. The molecule has 0 radical (unpaired) electrons. The fourth-order valence-electron chi connectivity index (χ4n) is 2.48. The molecule has 0 spiro atoms. The van der Waals surface area contributed by atoms with Crippen LogP contribution in [0.5, 0.6) is 0 Å². The summed E-state index contributed by atoms with van der Waals surface area (Å²) in [6, 6.07) is 11.1. The molecule has 1 heterocycles. The largest absolute Gasteiger partial charge is 0.372 e. The number of benzene rings is 1. The highest BCUT2D eigenvalue weighted by Crippen LogP contribution is 2.14. The van der Waals surface area contributed by atoms with Crippen LogP contribution in [0.2, 0.25) is 0 Å². The Balaban J connectivity index is 1.80. The zero-order valence-electron chi connectivity index (χ0n) is 14.7. The van der Waals surface area contributed by atoms with Gasteiger partial charge in [0.2, 0.25) is 5.91 Å². The number of hydrazine groups is 1. The van der Waals surface area contributed by atoms with Gasteiger partial charge in [-0.2, -0.15) is 0 Å². The highest BCUT2D eigenvalue weighted by atomic mass is 16.2. The molecule has 6 heteroatoms. The van der Waals surface area contributed by atoms with Gasteiger partial charge in [0.1, 0.15) is 0 Å². The Morgan fingerprint density at radius 2 is 1.76 bits per heavy atom. The molecule has 0 saturated heterocycles. The highest BCUT2D eigenvalue weighted by Gasteiger charge is 2.09. The predicted molar refractivity (Wildman–Crippen MR) is 98.2 cm³/mol. The first kappa shape index (κ1) is 18.4. The Hall–Kier alpha value is -2.89. The minimum Gasteiger partial charge on any atom is -0.372 e. The van der Waals surface area contributed by atoms with Crippen LogP contribution in [0.15, 0.2) is 48.8 Å². The van der Waals surface area contributed by atoms with Crippen molar-refractivity contribution in [2.45, 2.75) is 26.7 Å². The quantitative estimate of drug-likeness (QED) is 0.759. The first-order valence-corrected chi connectivity index (χ1v) is 8.47. The molecule has 0 aliphatic rings. The summed E-state index contributed by atoms with van der Waals surface area (Å²) in [5.74, 6) is -0.571. The average Bonchev–Trinajstić information content (AvgIpc) is 2.67. The number of aromatic nitrogens is 1. The maximum absolute atomic E-state index is 12.1. The Bertz CT molecular complexity index is 682. The minimum atomic E-state index is -0.333. The average molecular weight is 340 g/mol. The zero-order chi connectivity index (χ0) is 18.1. The molecular weight excluding hydrogens is 316 g/mol. The third-order valence-electron chi connectivity index (χ3n) is 3.94. The van der Waals surface area contributed by atoms with Gasteiger partial charge < -0.3 is 4.90 Å². The van der Waals surface area contributed by atoms with E-state index in [4.69, 9.17) is 0 Å². The van der Waals surface area contributed by atoms with Crippen molar-refractivity contribution in [2.24, 2.45) is 0 Å². The molecule has 132 valence electrons. The number of aryl methyl sites for hydroxylation is 1. The molecule has 1 aromatic heterocycles. The van der Waals surface area contributed by atoms with Crippen molar-refractivity contribution in [1.82, 2.24) is 15.8 Å². The molecule has 2 aromatic rings. The molecule has 0 aliphatic heterocycles. The normalized spacial score (nSPS) is 10.2. The number of rotatable bonds is 7. The fraction of sp³-hybridized carbons (Fsp3) is 0.316. The van der Waals surface area contributed by atoms with Crippen molar-refractivity contribution >= 4 is 17.5 Å². The number of hydrogen-bond donors (Lipinski definition) is 2. The van der Waals surface area contributed by atoms with E-state index in [0.717, 1.165) is 24.3 Å². The number of pyridine rings is 1. The maximum atomic E-state index is 12.1. The van der Waals surface area contributed by atoms with Crippen LogP contribution in [-0.4, -0.2) is 29.9 Å². The van der Waals surface area contributed by atoms with E-state index < -0.39 is 0 Å². The number of hydrogen-bond acceptors (Lipinski definition) is 4. The number of nitrogens with zero attached hydrogens (tertiary/aromatic N) is 2. The lowest BCUT2D eigenvalue weighted by Gasteiger charge is -2.21. The second-order valence-corrected chi connectivity index (χ2v) is 5.58. The number of carbonyl (C=O) groups excluding carboxylic acids is 2. The van der Waals surface area contributed by atoms with Gasteiger partial charge in [-0.15, -0.1) is 0 Å². The zero-order valence-corrected chi connectivity index (χ0v) is 14.7. The molecule has 2 amide bonds. The summed E-state index contributed by atoms with van der Waals surface area (Å²) in [6.07, 6.45) is 4.28. The minimum absolute atomic E-state index is 0.239. The van der Waals surface area contributed by atoms with Crippen molar-refractivity contribution in [3.8, 4) is 0 Å². The fourth-order valence-corrected chi connectivity index (χ4v) is 2.48. The van der Waals surface area contributed by atoms with Gasteiger partial charge in [-0.1, -0.05) is 6.07 Å². The van der Waals surface area contributed by atoms with E-state index in [0.29, 0.717) is 12.0 Å². The second kappa shape index (κ2) is 9.42. The monoisotopic (exact) mass is 340 g/mol. The van der Waals surface area contributed by atoms with Crippen LogP contribution < -0.4 is 15.8 Å². The van der Waals surface area contributed by atoms with E-state index in [1.54, 1.807) is 24.5 Å². The molecule has 1 aromatic carbocycles. The summed E-state index contributed by atoms with van der Waals surface area (Å²) in [5, 5.41) is 0. The molecule has 0 saturated carbocycles. The van der Waals surface area contributed by atoms with Crippen molar-refractivity contribution in [3.05, 3.63) is 59.9 Å². The van der Waals surface area contributed by atoms with Crippen molar-refractivity contribution in [2.75, 3.05) is 18.0 Å². The van der Waals surface area contributed by atoms with Gasteiger partial charge in [0.05, 0.1) is 0 Å². The van der Waals surface area contributed by atoms with E-state index in [2.05, 4.69) is 34.6 Å². The molecule has 0 unspecified atom stereocenters. The van der Waals surface area contributed by atoms with Crippen LogP contribution in [-0.2, 0) is 11.2 Å². The number of anilines is 1. The van der Waals surface area contributed by atoms with Gasteiger partial charge in [0, 0.05) is 43.2 Å². The van der Waals surface area contributed by atoms with Crippen molar-refractivity contribution in [1.29, 1.82) is 0 Å². The van der Waals surface area contributed by atoms with E-state index in [1.165, 1.54) is 0 Å². The van der Waals surface area contributed by atoms with Crippen molar-refractivity contribution < 1.29 is 9.59 Å². The van der Waals surface area contributed by atoms with Gasteiger partial charge in [-0.05, 0) is 56.2 Å². The Morgan fingerprint density at radius 3 is 2.36 bits per heavy atom. The summed E-state index contributed by atoms with van der Waals surface area (Å²) in [6.45, 7) is 6.00. The molecule has 0 atom stereocenters. The van der Waals surface area contributed by atoms with Gasteiger partial charge in [-0.3, -0.25) is 25.4 Å². The smallest absolute Gasteiger partial charge is 0.269 e. The van der Waals surface area contributed by atoms with Gasteiger partial charge in [0.15, 0.2) is 0 Å². The molecule has 25 heavy (non-hydrogen) atoms. The Kier molecular flexibility index (Phi) is 6.95. The molecule has 2 rings (SSSR count). The summed E-state index contributed by atoms with van der Waals surface area (Å²) in [7, 11) is 0. The summed E-state index contributed by atoms with van der Waals surface area (Å²) in [4.78, 5) is 30.1. The van der Waals surface area contributed by atoms with Crippen LogP contribution in [0.4, 0.5) is 5.69 Å². The van der Waals surface area contributed by atoms with E-state index >= 15 is 0 Å². The highest BCUT2D eigenvalue weighted by molar-refractivity contribution is 5.95. The van der Waals surface area contributed by atoms with Crippen LogP contribution in [0.1, 0.15) is 36.2 Å². The molecule has 6 nitrogen and oxygen atoms in total. The number of carbonyl (C=O) groups is 2. The SMILES string of the molecule is CCN(CC)c1ccc(C(=O)NNC(=O)CCc2cccnc2)cc1. The predicted octanol–water partition coefficient (Wildman–Crippen LogP) is 2.32. The first-order valence-electron chi connectivity index (χ1n) is 8.47. The Morgan fingerprint density at radius 1 is 1.04 bits per heavy atom. The topological polar surface area (TPSA) is 74.3 Å². The summed E-state index contributed by atoms with van der Waals surface area (Å²) < 4.78 is 0. The first-order chi connectivity index (χ1) is 12.1. The van der Waals surface area contributed by atoms with Gasteiger partial charge in [0.25, 0.3) is 5.91 Å². The van der Waals surface area contributed by atoms with Crippen LogP contribution >= 0.6 is 0 Å². The molecule has 0 aliphatic carbocycles. The molecular formula is C19H24N4O2. The maximum Gasteiger partial charge on any atom is 0.269 e. The van der Waals surface area contributed by atoms with E-state index in [1.807, 2.05) is 24.3 Å². The standard InChI is InChI=1S/C19H24N4O2/c1-3-23(4-2)17-10-8-16(9-11-17)19(25)22-21-18(24)12-7-15-6-5-13-20-14-15/h5-6,8-11,13-14H,3-4,7,12H2,1-2H3,(H,21,24)(H,22,25). The second-order valence-electron chi connectivity index (χ2n) is 5.58. The molecule has 2 N–H and O–H groups in total. The van der Waals surface area contributed by atoms with Crippen LogP contribution in [0.3, 0.4) is 0 Å². The lowest BCUT2D eigenvalue weighted by atomic mass is 10.1. The lowest BCUT2D eigenvalue weighted by Crippen LogP contribution is -2.41. The Labute approximate surface area is 148 Å². The van der Waals surface area contributed by atoms with Crippen molar-refractivity contribution in [3.63, 3.8) is 0 Å². The molecule has 0 bridgehead atoms. The molecule has 0 fully saturated rings. The van der Waals surface area contributed by atoms with Gasteiger partial charge >= 0.3 is 0 Å². The lowest BCUT2D eigenvalue weighted by molar-refractivity contribution is -0.121. The van der Waals surface area contributed by atoms with Crippen LogP contribution in [0, 0.1) is 0 Å². The van der Waals surface area contributed by atoms with Gasteiger partial charge in [-0.25, -0.2) is 0 Å². The summed E-state index contributed by atoms with van der Waals surface area (Å²) >= 11 is 0. The third kappa shape index (κ3) is 5.60. The van der Waals surface area contributed by atoms with Crippen LogP contribution in [0.25, 0.3) is 0 Å². The number of amides is 2. The number of nitrogens with one attached hydrogen (secondary N) is 2.